The summed E-state index contributed by atoms with van der Waals surface area (Å²) in [6, 6.07) is 11.3. The second kappa shape index (κ2) is 15.1. The first-order valence-corrected chi connectivity index (χ1v) is 18.8. The topological polar surface area (TPSA) is 105 Å². The number of aliphatic hydroxyl groups excluding tert-OH is 1. The predicted octanol–water partition coefficient (Wildman–Crippen LogP) is 6.60. The number of carbonyl (C=O) groups is 1. The second-order valence-corrected chi connectivity index (χ2v) is 16.0. The molecule has 1 amide bonds. The molecule has 10 heteroatoms. The van der Waals surface area contributed by atoms with Crippen LogP contribution >= 0.6 is 11.6 Å². The van der Waals surface area contributed by atoms with Gasteiger partial charge in [-0.3, -0.25) is 4.79 Å². The van der Waals surface area contributed by atoms with Crippen LogP contribution in [0.1, 0.15) is 80.3 Å². The van der Waals surface area contributed by atoms with Gasteiger partial charge in [0.25, 0.3) is 5.91 Å². The number of nitrogens with zero attached hydrogens (tertiary/aromatic N) is 1. The summed E-state index contributed by atoms with van der Waals surface area (Å²) in [6.45, 7) is 9.04. The molecule has 0 unspecified atom stereocenters. The molecule has 8 nitrogen and oxygen atoms in total. The molecule has 0 radical (unpaired) electrons. The lowest BCUT2D eigenvalue weighted by Crippen LogP contribution is -2.49. The number of hydrogen-bond donors (Lipinski definition) is 2. The Kier molecular flexibility index (Phi) is 11.4. The van der Waals surface area contributed by atoms with Gasteiger partial charge in [0.2, 0.25) is 10.0 Å². The molecule has 1 spiro atoms. The van der Waals surface area contributed by atoms with Crippen LogP contribution in [0, 0.1) is 11.8 Å². The average molecular weight is 685 g/mol. The van der Waals surface area contributed by atoms with Gasteiger partial charge in [0.15, 0.2) is 0 Å². The van der Waals surface area contributed by atoms with Gasteiger partial charge in [-0.2, -0.15) is 0 Å². The Labute approximate surface area is 285 Å². The summed E-state index contributed by atoms with van der Waals surface area (Å²) >= 11 is 6.43. The molecule has 0 aromatic heterocycles. The van der Waals surface area contributed by atoms with Crippen LogP contribution in [0.2, 0.25) is 5.02 Å². The summed E-state index contributed by atoms with van der Waals surface area (Å²) in [5, 5.41) is 9.81. The third-order valence-corrected chi connectivity index (χ3v) is 12.4. The maximum atomic E-state index is 13.4. The van der Waals surface area contributed by atoms with Crippen molar-refractivity contribution in [2.24, 2.45) is 11.8 Å². The van der Waals surface area contributed by atoms with Crippen molar-refractivity contribution in [3.63, 3.8) is 0 Å². The molecule has 2 aromatic rings. The van der Waals surface area contributed by atoms with E-state index >= 15 is 0 Å². The molecule has 3 aliphatic rings. The number of carbonyl (C=O) groups excluding carboxylic acids is 1. The van der Waals surface area contributed by atoms with Gasteiger partial charge in [0.1, 0.15) is 11.0 Å². The zero-order valence-electron chi connectivity index (χ0n) is 27.8. The van der Waals surface area contributed by atoms with Crippen LogP contribution in [-0.4, -0.2) is 63.7 Å². The summed E-state index contributed by atoms with van der Waals surface area (Å²) in [6.07, 6.45) is 12.0. The number of aryl methyl sites for hydroxylation is 1. The van der Waals surface area contributed by atoms with Crippen LogP contribution in [0.5, 0.6) is 5.75 Å². The minimum absolute atomic E-state index is 0.0373. The number of fused-ring (bicyclic) bond motifs is 3. The predicted molar refractivity (Wildman–Crippen MR) is 188 cm³/mol. The molecule has 0 bridgehead atoms. The Morgan fingerprint density at radius 1 is 1.28 bits per heavy atom. The standard InChI is InChI=1S/C37H49ClN2O6S/c1-5-7-8-12-34(45-4)30-16-13-28(30)22-40-23-37(19-9-11-26-20-29(38)15-17-31(26)37)24-46-35-18-14-27(21-32(35)40)36(42)39-47(43,44)25(3)33(41)10-6-2/h6,8,12,14-15,17-18,20-21,25,28,30,33-34,41H,2,5,7,9-11,13,16,19,22-24H2,1,3-4H3,(H,39,42)/b12-8+/t25-,28-,30+,33+,34-,37-/m0/s1. The molecule has 6 atom stereocenters. The average Bonchev–Trinajstić information content (AvgIpc) is 3.18. The number of hydrogen-bond acceptors (Lipinski definition) is 7. The molecule has 0 saturated heterocycles. The number of allylic oxidation sites excluding steroid dienone is 1. The fourth-order valence-electron chi connectivity index (χ4n) is 7.44. The van der Waals surface area contributed by atoms with Gasteiger partial charge >= 0.3 is 0 Å². The van der Waals surface area contributed by atoms with Gasteiger partial charge in [-0.15, -0.1) is 6.58 Å². The Balaban J connectivity index is 1.48. The van der Waals surface area contributed by atoms with Crippen molar-refractivity contribution in [3.8, 4) is 5.75 Å². The smallest absolute Gasteiger partial charge is 0.264 e. The van der Waals surface area contributed by atoms with Crippen molar-refractivity contribution in [3.05, 3.63) is 82.9 Å². The lowest BCUT2D eigenvalue weighted by molar-refractivity contribution is 0.0132. The summed E-state index contributed by atoms with van der Waals surface area (Å²) in [4.78, 5) is 15.8. The van der Waals surface area contributed by atoms with E-state index in [1.165, 1.54) is 24.1 Å². The van der Waals surface area contributed by atoms with E-state index in [2.05, 4.69) is 47.4 Å². The number of sulfonamides is 1. The molecule has 256 valence electrons. The highest BCUT2D eigenvalue weighted by molar-refractivity contribution is 7.90. The van der Waals surface area contributed by atoms with Crippen LogP contribution in [0.4, 0.5) is 5.69 Å². The van der Waals surface area contributed by atoms with E-state index < -0.39 is 27.3 Å². The molecule has 2 aromatic carbocycles. The zero-order chi connectivity index (χ0) is 33.8. The van der Waals surface area contributed by atoms with Gasteiger partial charge in [-0.25, -0.2) is 13.1 Å². The number of unbranched alkanes of at least 4 members (excludes halogenated alkanes) is 1. The highest BCUT2D eigenvalue weighted by atomic mass is 35.5. The van der Waals surface area contributed by atoms with E-state index in [0.717, 1.165) is 62.2 Å². The SMILES string of the molecule is C=CC[C@@H](O)[C@H](C)S(=O)(=O)NC(=O)c1ccc2c(c1)N(C[C@@H]1CC[C@H]1[C@H](/C=C/CCC)OC)C[C@@]1(CCCc3cc(Cl)ccc31)CO2. The van der Waals surface area contributed by atoms with E-state index in [1.807, 2.05) is 6.07 Å². The lowest BCUT2D eigenvalue weighted by atomic mass is 9.68. The maximum absolute atomic E-state index is 13.4. The molecule has 1 aliphatic heterocycles. The van der Waals surface area contributed by atoms with Crippen LogP contribution in [0.15, 0.2) is 61.2 Å². The molecule has 1 fully saturated rings. The summed E-state index contributed by atoms with van der Waals surface area (Å²) < 4.78 is 40.7. The van der Waals surface area contributed by atoms with E-state index in [0.29, 0.717) is 30.7 Å². The van der Waals surface area contributed by atoms with E-state index in [9.17, 15) is 18.3 Å². The molecule has 2 N–H and O–H groups in total. The first kappa shape index (κ1) is 35.5. The quantitative estimate of drug-likeness (QED) is 0.229. The van der Waals surface area contributed by atoms with Crippen LogP contribution in [-0.2, 0) is 26.6 Å². The Morgan fingerprint density at radius 3 is 2.79 bits per heavy atom. The molecule has 1 heterocycles. The number of rotatable bonds is 13. The molecule has 1 saturated carbocycles. The number of amides is 1. The lowest BCUT2D eigenvalue weighted by Gasteiger charge is -2.46. The number of anilines is 1. The first-order chi connectivity index (χ1) is 22.5. The van der Waals surface area contributed by atoms with Crippen molar-refractivity contribution in [1.29, 1.82) is 0 Å². The van der Waals surface area contributed by atoms with Crippen molar-refractivity contribution < 1.29 is 27.8 Å². The zero-order valence-corrected chi connectivity index (χ0v) is 29.4. The third kappa shape index (κ3) is 7.74. The third-order valence-electron chi connectivity index (χ3n) is 10.4. The molecular weight excluding hydrogens is 636 g/mol. The number of benzene rings is 2. The van der Waals surface area contributed by atoms with Gasteiger partial charge in [0, 0.05) is 36.2 Å². The van der Waals surface area contributed by atoms with Crippen molar-refractivity contribution >= 4 is 33.2 Å². The second-order valence-electron chi connectivity index (χ2n) is 13.5. The van der Waals surface area contributed by atoms with E-state index in [4.69, 9.17) is 21.1 Å². The maximum Gasteiger partial charge on any atom is 0.264 e. The minimum atomic E-state index is -4.15. The Morgan fingerprint density at radius 2 is 2.09 bits per heavy atom. The number of nitrogens with one attached hydrogen (secondary N) is 1. The summed E-state index contributed by atoms with van der Waals surface area (Å²) in [5.41, 5.74) is 3.21. The normalized spacial score (nSPS) is 24.3. The Hall–Kier alpha value is -2.85. The summed E-state index contributed by atoms with van der Waals surface area (Å²) in [5.74, 6) is 0.657. The molecule has 47 heavy (non-hydrogen) atoms. The fourth-order valence-corrected chi connectivity index (χ4v) is 8.72. The van der Waals surface area contributed by atoms with Crippen molar-refractivity contribution in [2.75, 3.05) is 31.7 Å². The minimum Gasteiger partial charge on any atom is -0.490 e. The summed E-state index contributed by atoms with van der Waals surface area (Å²) in [7, 11) is -2.37. The Bertz CT molecular complexity index is 1580. The van der Waals surface area contributed by atoms with E-state index in [-0.39, 0.29) is 23.5 Å². The van der Waals surface area contributed by atoms with Crippen molar-refractivity contribution in [2.45, 2.75) is 88.1 Å². The van der Waals surface area contributed by atoms with Gasteiger partial charge in [-0.05, 0) is 105 Å². The monoisotopic (exact) mass is 684 g/mol. The van der Waals surface area contributed by atoms with Gasteiger partial charge in [-0.1, -0.05) is 49.2 Å². The fraction of sp³-hybridized carbons (Fsp3) is 0.541. The van der Waals surface area contributed by atoms with Crippen LogP contribution in [0.3, 0.4) is 0 Å². The number of aliphatic hydroxyl groups is 1. The number of halogens is 1. The largest absolute Gasteiger partial charge is 0.490 e. The molecule has 2 aliphatic carbocycles. The first-order valence-electron chi connectivity index (χ1n) is 16.9. The number of methoxy groups -OCH3 is 1. The number of ether oxygens (including phenoxy) is 2. The van der Waals surface area contributed by atoms with Crippen LogP contribution < -0.4 is 14.4 Å². The van der Waals surface area contributed by atoms with E-state index in [1.54, 1.807) is 25.3 Å². The van der Waals surface area contributed by atoms with Crippen molar-refractivity contribution in [1.82, 2.24) is 4.72 Å². The van der Waals surface area contributed by atoms with Gasteiger partial charge < -0.3 is 19.5 Å². The highest BCUT2D eigenvalue weighted by Crippen LogP contribution is 2.47. The van der Waals surface area contributed by atoms with Gasteiger partial charge in [0.05, 0.1) is 24.5 Å². The molecular formula is C37H49ClN2O6S. The molecule has 5 rings (SSSR count). The highest BCUT2D eigenvalue weighted by Gasteiger charge is 2.44. The van der Waals surface area contributed by atoms with Crippen LogP contribution in [0.25, 0.3) is 0 Å².